The number of halogens is 1. The molecule has 0 heterocycles. The van der Waals surface area contributed by atoms with Crippen LogP contribution in [0.3, 0.4) is 0 Å². The summed E-state index contributed by atoms with van der Waals surface area (Å²) in [7, 11) is 0. The molecule has 0 spiro atoms. The summed E-state index contributed by atoms with van der Waals surface area (Å²) in [4.78, 5) is 24.3. The third-order valence-electron chi connectivity index (χ3n) is 5.55. The van der Waals surface area contributed by atoms with Crippen LogP contribution in [-0.4, -0.2) is 18.4 Å². The van der Waals surface area contributed by atoms with E-state index in [-0.39, 0.29) is 17.6 Å². The topological polar surface area (TPSA) is 43.4 Å². The number of carbonyl (C=O) groups excluding carboxylic acids is 2. The zero-order valence-corrected chi connectivity index (χ0v) is 15.4. The molecule has 2 bridgehead atoms. The van der Waals surface area contributed by atoms with E-state index in [2.05, 4.69) is 12.2 Å². The first-order valence-corrected chi connectivity index (χ1v) is 9.52. The fourth-order valence-corrected chi connectivity index (χ4v) is 4.00. The number of rotatable bonds is 6. The minimum Gasteiger partial charge on any atom is -0.462 e. The summed E-state index contributed by atoms with van der Waals surface area (Å²) in [6.07, 6.45) is 9.92. The molecular weight excluding hydrogens is 355 g/mol. The van der Waals surface area contributed by atoms with E-state index in [1.165, 1.54) is 36.8 Å². The molecule has 4 heteroatoms. The van der Waals surface area contributed by atoms with E-state index in [0.29, 0.717) is 35.5 Å². The second-order valence-corrected chi connectivity index (χ2v) is 7.46. The fraction of sp³-hybridized carbons (Fsp3) is 0.250. The van der Waals surface area contributed by atoms with Crippen LogP contribution in [0.4, 0.5) is 4.39 Å². The molecule has 3 unspecified atom stereocenters. The summed E-state index contributed by atoms with van der Waals surface area (Å²) in [5, 5.41) is 0. The maximum absolute atomic E-state index is 13.0. The normalized spacial score (nSPS) is 22.7. The summed E-state index contributed by atoms with van der Waals surface area (Å²) in [6, 6.07) is 12.4. The van der Waals surface area contributed by atoms with E-state index < -0.39 is 0 Å². The number of esters is 1. The Morgan fingerprint density at radius 2 is 1.64 bits per heavy atom. The average Bonchev–Trinajstić information content (AvgIpc) is 3.34. The van der Waals surface area contributed by atoms with Gasteiger partial charge in [0.1, 0.15) is 5.82 Å². The molecule has 142 valence electrons. The van der Waals surface area contributed by atoms with Crippen molar-refractivity contribution in [1.29, 1.82) is 0 Å². The summed E-state index contributed by atoms with van der Waals surface area (Å²) < 4.78 is 18.4. The maximum Gasteiger partial charge on any atom is 0.330 e. The van der Waals surface area contributed by atoms with Gasteiger partial charge in [0.2, 0.25) is 0 Å². The molecule has 0 aromatic heterocycles. The van der Waals surface area contributed by atoms with Crippen LogP contribution >= 0.6 is 0 Å². The number of allylic oxidation sites excluding steroid dienone is 2. The number of carbonyl (C=O) groups is 2. The Balaban J connectivity index is 1.31. The molecule has 0 radical (unpaired) electrons. The van der Waals surface area contributed by atoms with E-state index in [1.54, 1.807) is 30.3 Å². The Morgan fingerprint density at radius 1 is 0.964 bits per heavy atom. The number of ether oxygens (including phenoxy) is 1. The SMILES string of the molecule is O=C(/C=C/c1ccc(C(=O)c2ccc(F)cc2)cc1)OCC1CC2C=CC1C2. The van der Waals surface area contributed by atoms with Crippen LogP contribution < -0.4 is 0 Å². The minimum absolute atomic E-state index is 0.171. The summed E-state index contributed by atoms with van der Waals surface area (Å²) in [5.41, 5.74) is 1.75. The number of benzene rings is 2. The lowest BCUT2D eigenvalue weighted by atomic mass is 9.95. The Kier molecular flexibility index (Phi) is 5.20. The van der Waals surface area contributed by atoms with Gasteiger partial charge in [-0.2, -0.15) is 0 Å². The Hall–Kier alpha value is -3.01. The number of fused-ring (bicyclic) bond motifs is 2. The zero-order valence-electron chi connectivity index (χ0n) is 15.4. The van der Waals surface area contributed by atoms with Crippen molar-refractivity contribution in [1.82, 2.24) is 0 Å². The van der Waals surface area contributed by atoms with Crippen LogP contribution in [0.15, 0.2) is 66.8 Å². The van der Waals surface area contributed by atoms with Crippen LogP contribution in [0, 0.1) is 23.6 Å². The zero-order chi connectivity index (χ0) is 19.5. The summed E-state index contributed by atoms with van der Waals surface area (Å²) >= 11 is 0. The van der Waals surface area contributed by atoms with Crippen molar-refractivity contribution >= 4 is 17.8 Å². The molecule has 4 rings (SSSR count). The van der Waals surface area contributed by atoms with Crippen LogP contribution in [0.1, 0.15) is 34.3 Å². The smallest absolute Gasteiger partial charge is 0.330 e. The largest absolute Gasteiger partial charge is 0.462 e. The highest BCUT2D eigenvalue weighted by Gasteiger charge is 2.36. The highest BCUT2D eigenvalue weighted by molar-refractivity contribution is 6.09. The van der Waals surface area contributed by atoms with Crippen LogP contribution in [0.2, 0.25) is 0 Å². The average molecular weight is 376 g/mol. The van der Waals surface area contributed by atoms with E-state index >= 15 is 0 Å². The molecule has 0 amide bonds. The Morgan fingerprint density at radius 3 is 2.25 bits per heavy atom. The molecular formula is C24H21FO3. The van der Waals surface area contributed by atoms with Crippen LogP contribution in [-0.2, 0) is 9.53 Å². The lowest BCUT2D eigenvalue weighted by Gasteiger charge is -2.17. The van der Waals surface area contributed by atoms with E-state index in [4.69, 9.17) is 4.74 Å². The standard InChI is InChI=1S/C24H21FO3/c25-22-10-8-19(9-11-22)24(27)18-5-1-16(2-6-18)4-12-23(26)28-15-21-14-17-3-7-20(21)13-17/h1-12,17,20-21H,13-15H2/b12-4+. The molecule has 3 atom stereocenters. The van der Waals surface area contributed by atoms with Gasteiger partial charge in [0.05, 0.1) is 6.61 Å². The number of ketones is 1. The van der Waals surface area contributed by atoms with Gasteiger partial charge in [-0.25, -0.2) is 9.18 Å². The van der Waals surface area contributed by atoms with Gasteiger partial charge >= 0.3 is 5.97 Å². The highest BCUT2D eigenvalue weighted by Crippen LogP contribution is 2.43. The van der Waals surface area contributed by atoms with Crippen molar-refractivity contribution in [3.05, 3.63) is 89.3 Å². The molecule has 28 heavy (non-hydrogen) atoms. The van der Waals surface area contributed by atoms with Crippen molar-refractivity contribution in [2.75, 3.05) is 6.61 Å². The van der Waals surface area contributed by atoms with Gasteiger partial charge in [-0.1, -0.05) is 36.4 Å². The second kappa shape index (κ2) is 7.93. The van der Waals surface area contributed by atoms with Gasteiger partial charge in [0, 0.05) is 17.2 Å². The molecule has 2 aromatic carbocycles. The molecule has 0 saturated heterocycles. The Labute approximate surface area is 163 Å². The molecule has 2 aromatic rings. The highest BCUT2D eigenvalue weighted by atomic mass is 19.1. The lowest BCUT2D eigenvalue weighted by Crippen LogP contribution is -2.16. The predicted octanol–water partition coefficient (Wildman–Crippen LogP) is 4.83. The van der Waals surface area contributed by atoms with Crippen molar-refractivity contribution < 1.29 is 18.7 Å². The van der Waals surface area contributed by atoms with E-state index in [1.807, 2.05) is 0 Å². The van der Waals surface area contributed by atoms with Crippen LogP contribution in [0.25, 0.3) is 6.08 Å². The number of hydrogen-bond acceptors (Lipinski definition) is 3. The van der Waals surface area contributed by atoms with Crippen LogP contribution in [0.5, 0.6) is 0 Å². The first-order valence-electron chi connectivity index (χ1n) is 9.52. The predicted molar refractivity (Wildman–Crippen MR) is 105 cm³/mol. The monoisotopic (exact) mass is 376 g/mol. The molecule has 2 aliphatic rings. The van der Waals surface area contributed by atoms with E-state index in [0.717, 1.165) is 12.0 Å². The molecule has 1 fully saturated rings. The molecule has 3 nitrogen and oxygen atoms in total. The van der Waals surface area contributed by atoms with Crippen molar-refractivity contribution in [3.63, 3.8) is 0 Å². The van der Waals surface area contributed by atoms with Gasteiger partial charge in [0.25, 0.3) is 0 Å². The van der Waals surface area contributed by atoms with Gasteiger partial charge in [0.15, 0.2) is 5.78 Å². The maximum atomic E-state index is 13.0. The summed E-state index contributed by atoms with van der Waals surface area (Å²) in [5.74, 6) is 0.784. The lowest BCUT2D eigenvalue weighted by molar-refractivity contribution is -0.139. The van der Waals surface area contributed by atoms with Gasteiger partial charge in [-0.15, -0.1) is 0 Å². The molecule has 1 saturated carbocycles. The Bertz CT molecular complexity index is 925. The van der Waals surface area contributed by atoms with Gasteiger partial charge in [-0.05, 0) is 66.5 Å². The first-order chi connectivity index (χ1) is 13.6. The van der Waals surface area contributed by atoms with Crippen molar-refractivity contribution in [2.45, 2.75) is 12.8 Å². The third-order valence-corrected chi connectivity index (χ3v) is 5.55. The van der Waals surface area contributed by atoms with Gasteiger partial charge < -0.3 is 4.74 Å². The minimum atomic E-state index is -0.374. The quantitative estimate of drug-likeness (QED) is 0.314. The van der Waals surface area contributed by atoms with Crippen molar-refractivity contribution in [3.8, 4) is 0 Å². The molecule has 2 aliphatic carbocycles. The van der Waals surface area contributed by atoms with E-state index in [9.17, 15) is 14.0 Å². The number of hydrogen-bond donors (Lipinski definition) is 0. The fourth-order valence-electron chi connectivity index (χ4n) is 4.00. The van der Waals surface area contributed by atoms with Crippen molar-refractivity contribution in [2.24, 2.45) is 17.8 Å². The molecule has 0 aliphatic heterocycles. The third kappa shape index (κ3) is 4.11. The van der Waals surface area contributed by atoms with Gasteiger partial charge in [-0.3, -0.25) is 4.79 Å². The molecule has 0 N–H and O–H groups in total. The first kappa shape index (κ1) is 18.4. The second-order valence-electron chi connectivity index (χ2n) is 7.46. The summed E-state index contributed by atoms with van der Waals surface area (Å²) in [6.45, 7) is 0.472.